The van der Waals surface area contributed by atoms with Crippen molar-refractivity contribution >= 4 is 32.8 Å². The van der Waals surface area contributed by atoms with Gasteiger partial charge in [-0.2, -0.15) is 0 Å². The third kappa shape index (κ3) is 2.62. The van der Waals surface area contributed by atoms with E-state index in [9.17, 15) is 4.79 Å². The Bertz CT molecular complexity index is 571. The largest absolute Gasteiger partial charge is 0.480 e. The second-order valence-corrected chi connectivity index (χ2v) is 4.53. The topological polar surface area (TPSA) is 76.2 Å². The van der Waals surface area contributed by atoms with Crippen LogP contribution in [-0.4, -0.2) is 22.1 Å². The summed E-state index contributed by atoms with van der Waals surface area (Å²) in [5.74, 6) is -1.01. The van der Waals surface area contributed by atoms with Crippen molar-refractivity contribution in [3.8, 4) is 0 Å². The highest BCUT2D eigenvalue weighted by atomic mass is 79.9. The molecule has 1 aromatic carbocycles. The lowest BCUT2D eigenvalue weighted by Crippen LogP contribution is -2.32. The maximum absolute atomic E-state index is 10.7. The van der Waals surface area contributed by atoms with Crippen molar-refractivity contribution in [2.45, 2.75) is 12.5 Å². The number of hydrogen-bond donors (Lipinski definition) is 2. The lowest BCUT2D eigenvalue weighted by molar-refractivity contribution is -0.138. The van der Waals surface area contributed by atoms with Crippen LogP contribution in [-0.2, 0) is 11.2 Å². The highest BCUT2D eigenvalue weighted by Crippen LogP contribution is 2.21. The van der Waals surface area contributed by atoms with E-state index in [1.54, 1.807) is 0 Å². The molecule has 0 saturated carbocycles. The van der Waals surface area contributed by atoms with Crippen LogP contribution < -0.4 is 5.73 Å². The molecule has 0 aliphatic carbocycles. The minimum absolute atomic E-state index is 0.258. The molecule has 0 aliphatic rings. The summed E-state index contributed by atoms with van der Waals surface area (Å²) in [5.41, 5.74) is 7.19. The molecule has 1 aromatic heterocycles. The molecule has 1 atom stereocenters. The highest BCUT2D eigenvalue weighted by molar-refractivity contribution is 9.10. The standard InChI is InChI=1S/C12H11BrN2O2/c13-11-8(6-9(14)12(16)17)5-7-3-1-2-4-10(7)15-11/h1-5,9H,6,14H2,(H,16,17). The third-order valence-corrected chi connectivity index (χ3v) is 3.19. The minimum atomic E-state index is -1.01. The Morgan fingerprint density at radius 2 is 2.18 bits per heavy atom. The SMILES string of the molecule is NC(Cc1cc2ccccc2nc1Br)C(=O)O. The van der Waals surface area contributed by atoms with Crippen LogP contribution in [0.5, 0.6) is 0 Å². The Kier molecular flexibility index (Phi) is 3.40. The van der Waals surface area contributed by atoms with E-state index in [2.05, 4.69) is 20.9 Å². The van der Waals surface area contributed by atoms with Gasteiger partial charge in [0.25, 0.3) is 0 Å². The van der Waals surface area contributed by atoms with Gasteiger partial charge in [-0.3, -0.25) is 4.79 Å². The van der Waals surface area contributed by atoms with E-state index in [-0.39, 0.29) is 6.42 Å². The van der Waals surface area contributed by atoms with E-state index in [4.69, 9.17) is 10.8 Å². The molecule has 88 valence electrons. The molecule has 0 saturated heterocycles. The number of hydrogen-bond acceptors (Lipinski definition) is 3. The first kappa shape index (κ1) is 12.0. The van der Waals surface area contributed by atoms with Crippen LogP contribution in [0.25, 0.3) is 10.9 Å². The van der Waals surface area contributed by atoms with E-state index in [0.717, 1.165) is 16.5 Å². The van der Waals surface area contributed by atoms with Gasteiger partial charge in [0.1, 0.15) is 10.6 Å². The maximum atomic E-state index is 10.7. The molecule has 0 bridgehead atoms. The molecule has 4 nitrogen and oxygen atoms in total. The van der Waals surface area contributed by atoms with Crippen molar-refractivity contribution in [3.05, 3.63) is 40.5 Å². The Balaban J connectivity index is 2.40. The summed E-state index contributed by atoms with van der Waals surface area (Å²) in [5, 5.41) is 9.76. The van der Waals surface area contributed by atoms with Crippen molar-refractivity contribution in [2.75, 3.05) is 0 Å². The number of carbonyl (C=O) groups is 1. The Labute approximate surface area is 107 Å². The van der Waals surface area contributed by atoms with Gasteiger partial charge >= 0.3 is 5.97 Å². The van der Waals surface area contributed by atoms with Crippen LogP contribution in [0.4, 0.5) is 0 Å². The smallest absolute Gasteiger partial charge is 0.320 e. The zero-order chi connectivity index (χ0) is 12.4. The normalized spacial score (nSPS) is 12.6. The molecular formula is C12H11BrN2O2. The fourth-order valence-electron chi connectivity index (χ4n) is 1.60. The summed E-state index contributed by atoms with van der Waals surface area (Å²) in [4.78, 5) is 15.1. The van der Waals surface area contributed by atoms with Gasteiger partial charge in [0.15, 0.2) is 0 Å². The molecule has 2 aromatic rings. The third-order valence-electron chi connectivity index (χ3n) is 2.51. The van der Waals surface area contributed by atoms with Crippen LogP contribution in [0.2, 0.25) is 0 Å². The lowest BCUT2D eigenvalue weighted by atomic mass is 10.1. The van der Waals surface area contributed by atoms with E-state index in [1.807, 2.05) is 30.3 Å². The summed E-state index contributed by atoms with van der Waals surface area (Å²) in [6, 6.07) is 8.67. The van der Waals surface area contributed by atoms with Gasteiger partial charge in [0.2, 0.25) is 0 Å². The molecule has 3 N–H and O–H groups in total. The number of carboxylic acid groups (broad SMARTS) is 1. The van der Waals surface area contributed by atoms with Crippen LogP contribution in [0.15, 0.2) is 34.9 Å². The van der Waals surface area contributed by atoms with Gasteiger partial charge in [-0.15, -0.1) is 0 Å². The number of benzene rings is 1. The van der Waals surface area contributed by atoms with E-state index in [0.29, 0.717) is 4.60 Å². The molecule has 1 heterocycles. The fraction of sp³-hybridized carbons (Fsp3) is 0.167. The Morgan fingerprint density at radius 1 is 1.47 bits per heavy atom. The predicted molar refractivity (Wildman–Crippen MR) is 68.8 cm³/mol. The van der Waals surface area contributed by atoms with Crippen LogP contribution in [0.3, 0.4) is 0 Å². The first-order chi connectivity index (χ1) is 8.08. The molecule has 0 aliphatic heterocycles. The van der Waals surface area contributed by atoms with E-state index < -0.39 is 12.0 Å². The van der Waals surface area contributed by atoms with Crippen LogP contribution in [0, 0.1) is 0 Å². The quantitative estimate of drug-likeness (QED) is 0.849. The van der Waals surface area contributed by atoms with E-state index >= 15 is 0 Å². The van der Waals surface area contributed by atoms with Crippen molar-refractivity contribution in [1.82, 2.24) is 4.98 Å². The molecule has 0 fully saturated rings. The first-order valence-electron chi connectivity index (χ1n) is 5.10. The lowest BCUT2D eigenvalue weighted by Gasteiger charge is -2.09. The Morgan fingerprint density at radius 3 is 2.88 bits per heavy atom. The summed E-state index contributed by atoms with van der Waals surface area (Å²) in [6.45, 7) is 0. The monoisotopic (exact) mass is 294 g/mol. The van der Waals surface area contributed by atoms with Gasteiger partial charge < -0.3 is 10.8 Å². The molecule has 5 heteroatoms. The van der Waals surface area contributed by atoms with Crippen LogP contribution >= 0.6 is 15.9 Å². The fourth-order valence-corrected chi connectivity index (χ4v) is 2.07. The van der Waals surface area contributed by atoms with Crippen LogP contribution in [0.1, 0.15) is 5.56 Å². The number of aromatic nitrogens is 1. The van der Waals surface area contributed by atoms with Gasteiger partial charge in [-0.05, 0) is 33.6 Å². The number of fused-ring (bicyclic) bond motifs is 1. The Hall–Kier alpha value is -1.46. The molecule has 17 heavy (non-hydrogen) atoms. The zero-order valence-electron chi connectivity index (χ0n) is 8.93. The van der Waals surface area contributed by atoms with Crippen molar-refractivity contribution in [3.63, 3.8) is 0 Å². The zero-order valence-corrected chi connectivity index (χ0v) is 10.5. The van der Waals surface area contributed by atoms with Gasteiger partial charge in [0, 0.05) is 11.8 Å². The van der Waals surface area contributed by atoms with Gasteiger partial charge in [0.05, 0.1) is 5.52 Å². The van der Waals surface area contributed by atoms with Crippen molar-refractivity contribution in [1.29, 1.82) is 0 Å². The first-order valence-corrected chi connectivity index (χ1v) is 5.90. The second-order valence-electron chi connectivity index (χ2n) is 3.78. The number of pyridine rings is 1. The molecular weight excluding hydrogens is 284 g/mol. The van der Waals surface area contributed by atoms with E-state index in [1.165, 1.54) is 0 Å². The summed E-state index contributed by atoms with van der Waals surface area (Å²) in [6.07, 6.45) is 0.258. The molecule has 0 spiro atoms. The number of para-hydroxylation sites is 1. The van der Waals surface area contributed by atoms with Gasteiger partial charge in [-0.25, -0.2) is 4.98 Å². The van der Waals surface area contributed by atoms with Gasteiger partial charge in [-0.1, -0.05) is 18.2 Å². The number of aliphatic carboxylic acids is 1. The number of rotatable bonds is 3. The number of halogens is 1. The van der Waals surface area contributed by atoms with Crippen molar-refractivity contribution in [2.24, 2.45) is 5.73 Å². The highest BCUT2D eigenvalue weighted by Gasteiger charge is 2.15. The maximum Gasteiger partial charge on any atom is 0.320 e. The molecule has 1 unspecified atom stereocenters. The summed E-state index contributed by atoms with van der Waals surface area (Å²) in [7, 11) is 0. The summed E-state index contributed by atoms with van der Waals surface area (Å²) >= 11 is 3.34. The number of nitrogens with zero attached hydrogens (tertiary/aromatic N) is 1. The molecule has 0 radical (unpaired) electrons. The summed E-state index contributed by atoms with van der Waals surface area (Å²) < 4.78 is 0.646. The second kappa shape index (κ2) is 4.81. The number of nitrogens with two attached hydrogens (primary N) is 1. The molecule has 2 rings (SSSR count). The average molecular weight is 295 g/mol. The minimum Gasteiger partial charge on any atom is -0.480 e. The average Bonchev–Trinajstić information content (AvgIpc) is 2.29. The molecule has 0 amide bonds. The number of carboxylic acids is 1. The predicted octanol–water partition coefficient (Wildman–Crippen LogP) is 1.95. The van der Waals surface area contributed by atoms with Crippen molar-refractivity contribution < 1.29 is 9.90 Å².